The number of aliphatic hydroxyl groups is 1. The number of hydrogen-bond acceptors (Lipinski definition) is 3. The zero-order chi connectivity index (χ0) is 13.4. The molecule has 1 N–H and O–H groups in total. The summed E-state index contributed by atoms with van der Waals surface area (Å²) < 4.78 is 2.17. The molecule has 1 atom stereocenters. The summed E-state index contributed by atoms with van der Waals surface area (Å²) in [6.45, 7) is 5.30. The molecule has 4 heteroatoms. The van der Waals surface area contributed by atoms with Crippen molar-refractivity contribution in [1.82, 2.24) is 14.8 Å². The van der Waals surface area contributed by atoms with E-state index in [1.54, 1.807) is 0 Å². The van der Waals surface area contributed by atoms with E-state index in [1.807, 2.05) is 0 Å². The number of rotatable bonds is 2. The van der Waals surface area contributed by atoms with Crippen molar-refractivity contribution in [2.45, 2.75) is 33.2 Å². The van der Waals surface area contributed by atoms with Crippen molar-refractivity contribution in [3.63, 3.8) is 0 Å². The van der Waals surface area contributed by atoms with Crippen LogP contribution in [0.5, 0.6) is 0 Å². The molecule has 4 nitrogen and oxygen atoms in total. The summed E-state index contributed by atoms with van der Waals surface area (Å²) in [6.07, 6.45) is 1.91. The normalized spacial score (nSPS) is 18.4. The highest BCUT2D eigenvalue weighted by Gasteiger charge is 2.23. The molecule has 19 heavy (non-hydrogen) atoms. The fourth-order valence-corrected chi connectivity index (χ4v) is 2.74. The van der Waals surface area contributed by atoms with Crippen molar-refractivity contribution in [1.29, 1.82) is 0 Å². The molecule has 1 aromatic heterocycles. The zero-order valence-corrected chi connectivity index (χ0v) is 11.4. The monoisotopic (exact) mass is 257 g/mol. The molecule has 0 bridgehead atoms. The number of nitrogens with zero attached hydrogens (tertiary/aromatic N) is 3. The molecule has 100 valence electrons. The Balaban J connectivity index is 2.07. The van der Waals surface area contributed by atoms with Crippen LogP contribution in [0.15, 0.2) is 18.2 Å². The summed E-state index contributed by atoms with van der Waals surface area (Å²) in [5.74, 6) is 2.31. The van der Waals surface area contributed by atoms with Gasteiger partial charge in [-0.25, -0.2) is 0 Å². The Hall–Kier alpha value is -1.68. The molecule has 1 unspecified atom stereocenters. The molecule has 1 aromatic carbocycles. The van der Waals surface area contributed by atoms with Crippen molar-refractivity contribution < 1.29 is 5.11 Å². The number of aliphatic hydroxyl groups excluding tert-OH is 1. The Morgan fingerprint density at radius 2 is 2.16 bits per heavy atom. The first kappa shape index (κ1) is 12.4. The average Bonchev–Trinajstić information content (AvgIpc) is 2.84. The minimum atomic E-state index is 0.240. The van der Waals surface area contributed by atoms with E-state index in [4.69, 9.17) is 0 Å². The predicted molar refractivity (Wildman–Crippen MR) is 73.8 cm³/mol. The summed E-state index contributed by atoms with van der Waals surface area (Å²) >= 11 is 0. The molecule has 0 radical (unpaired) electrons. The Labute approximate surface area is 113 Å². The van der Waals surface area contributed by atoms with Gasteiger partial charge < -0.3 is 9.67 Å². The van der Waals surface area contributed by atoms with Gasteiger partial charge in [0.25, 0.3) is 0 Å². The van der Waals surface area contributed by atoms with Crippen LogP contribution in [-0.2, 0) is 13.0 Å². The molecular formula is C15H19N3O. The number of aromatic nitrogens is 3. The molecule has 0 spiro atoms. The van der Waals surface area contributed by atoms with E-state index in [-0.39, 0.29) is 6.61 Å². The second-order valence-electron chi connectivity index (χ2n) is 5.39. The molecular weight excluding hydrogens is 238 g/mol. The molecule has 0 aliphatic carbocycles. The molecule has 0 saturated carbocycles. The third-order valence-corrected chi connectivity index (χ3v) is 4.15. The molecule has 0 fully saturated rings. The van der Waals surface area contributed by atoms with Gasteiger partial charge in [0, 0.05) is 31.1 Å². The number of fused-ring (bicyclic) bond motifs is 1. The number of aryl methyl sites for hydroxylation is 2. The maximum absolute atomic E-state index is 9.36. The lowest BCUT2D eigenvalue weighted by molar-refractivity contribution is 0.191. The van der Waals surface area contributed by atoms with Crippen LogP contribution in [0.25, 0.3) is 11.4 Å². The second-order valence-corrected chi connectivity index (χ2v) is 5.39. The fourth-order valence-electron chi connectivity index (χ4n) is 2.74. The first-order chi connectivity index (χ1) is 9.20. The molecule has 1 aliphatic rings. The van der Waals surface area contributed by atoms with E-state index >= 15 is 0 Å². The van der Waals surface area contributed by atoms with Crippen LogP contribution in [0.4, 0.5) is 0 Å². The SMILES string of the molecule is Cc1cccc(-c2nnc3n2CC(CO)CC3)c1C. The quantitative estimate of drug-likeness (QED) is 0.896. The largest absolute Gasteiger partial charge is 0.396 e. The highest BCUT2D eigenvalue weighted by molar-refractivity contribution is 5.62. The van der Waals surface area contributed by atoms with Gasteiger partial charge in [-0.15, -0.1) is 10.2 Å². The van der Waals surface area contributed by atoms with Crippen molar-refractivity contribution >= 4 is 0 Å². The highest BCUT2D eigenvalue weighted by Crippen LogP contribution is 2.28. The van der Waals surface area contributed by atoms with E-state index in [9.17, 15) is 5.11 Å². The fraction of sp³-hybridized carbons (Fsp3) is 0.467. The van der Waals surface area contributed by atoms with E-state index in [1.165, 1.54) is 11.1 Å². The Bertz CT molecular complexity index is 603. The number of benzene rings is 1. The summed E-state index contributed by atoms with van der Waals surface area (Å²) in [5, 5.41) is 18.0. The van der Waals surface area contributed by atoms with Gasteiger partial charge in [-0.3, -0.25) is 0 Å². The molecule has 2 heterocycles. The van der Waals surface area contributed by atoms with Crippen molar-refractivity contribution in [3.05, 3.63) is 35.2 Å². The van der Waals surface area contributed by atoms with Crippen LogP contribution in [0, 0.1) is 19.8 Å². The van der Waals surface area contributed by atoms with E-state index in [0.717, 1.165) is 36.6 Å². The zero-order valence-electron chi connectivity index (χ0n) is 11.4. The van der Waals surface area contributed by atoms with Gasteiger partial charge in [0.05, 0.1) is 0 Å². The lowest BCUT2D eigenvalue weighted by Gasteiger charge is -2.23. The minimum absolute atomic E-state index is 0.240. The van der Waals surface area contributed by atoms with Crippen LogP contribution in [-0.4, -0.2) is 26.5 Å². The van der Waals surface area contributed by atoms with Crippen molar-refractivity contribution in [2.75, 3.05) is 6.61 Å². The Morgan fingerprint density at radius 3 is 2.95 bits per heavy atom. The van der Waals surface area contributed by atoms with Gasteiger partial charge >= 0.3 is 0 Å². The van der Waals surface area contributed by atoms with Gasteiger partial charge in [0.15, 0.2) is 5.82 Å². The summed E-state index contributed by atoms with van der Waals surface area (Å²) in [5.41, 5.74) is 3.67. The van der Waals surface area contributed by atoms with Gasteiger partial charge in [-0.2, -0.15) is 0 Å². The lowest BCUT2D eigenvalue weighted by atomic mass is 9.99. The average molecular weight is 257 g/mol. The van der Waals surface area contributed by atoms with Crippen LogP contribution < -0.4 is 0 Å². The summed E-state index contributed by atoms with van der Waals surface area (Å²) in [6, 6.07) is 6.27. The van der Waals surface area contributed by atoms with Crippen LogP contribution in [0.1, 0.15) is 23.4 Å². The molecule has 2 aromatic rings. The standard InChI is InChI=1S/C15H19N3O/c1-10-4-3-5-13(11(10)2)15-17-16-14-7-6-12(9-19)8-18(14)15/h3-5,12,19H,6-9H2,1-2H3. The molecule has 0 saturated heterocycles. The van der Waals surface area contributed by atoms with E-state index in [2.05, 4.69) is 46.8 Å². The first-order valence-corrected chi connectivity index (χ1v) is 6.80. The minimum Gasteiger partial charge on any atom is -0.396 e. The molecule has 0 amide bonds. The van der Waals surface area contributed by atoms with Gasteiger partial charge in [-0.1, -0.05) is 18.2 Å². The summed E-state index contributed by atoms with van der Waals surface area (Å²) in [7, 11) is 0. The smallest absolute Gasteiger partial charge is 0.164 e. The predicted octanol–water partition coefficient (Wildman–Crippen LogP) is 2.12. The van der Waals surface area contributed by atoms with Gasteiger partial charge in [0.2, 0.25) is 0 Å². The Morgan fingerprint density at radius 1 is 1.32 bits per heavy atom. The van der Waals surface area contributed by atoms with Crippen LogP contribution in [0.3, 0.4) is 0 Å². The topological polar surface area (TPSA) is 50.9 Å². The van der Waals surface area contributed by atoms with Gasteiger partial charge in [0.1, 0.15) is 5.82 Å². The van der Waals surface area contributed by atoms with Crippen molar-refractivity contribution in [3.8, 4) is 11.4 Å². The number of hydrogen-bond donors (Lipinski definition) is 1. The molecule has 3 rings (SSSR count). The second kappa shape index (κ2) is 4.78. The maximum atomic E-state index is 9.36. The highest BCUT2D eigenvalue weighted by atomic mass is 16.3. The summed E-state index contributed by atoms with van der Waals surface area (Å²) in [4.78, 5) is 0. The van der Waals surface area contributed by atoms with Crippen LogP contribution in [0.2, 0.25) is 0 Å². The maximum Gasteiger partial charge on any atom is 0.164 e. The van der Waals surface area contributed by atoms with Gasteiger partial charge in [-0.05, 0) is 31.4 Å². The lowest BCUT2D eigenvalue weighted by Crippen LogP contribution is -2.23. The molecule has 1 aliphatic heterocycles. The van der Waals surface area contributed by atoms with Crippen molar-refractivity contribution in [2.24, 2.45) is 5.92 Å². The third kappa shape index (κ3) is 2.06. The van der Waals surface area contributed by atoms with Crippen LogP contribution >= 0.6 is 0 Å². The third-order valence-electron chi connectivity index (χ3n) is 4.15. The van der Waals surface area contributed by atoms with E-state index < -0.39 is 0 Å². The Kier molecular flexibility index (Phi) is 3.11. The first-order valence-electron chi connectivity index (χ1n) is 6.80. The van der Waals surface area contributed by atoms with E-state index in [0.29, 0.717) is 5.92 Å².